The minimum Gasteiger partial charge on any atom is -0.377 e. The van der Waals surface area contributed by atoms with Crippen LogP contribution in [0.25, 0.3) is 0 Å². The molecular weight excluding hydrogens is 206 g/mol. The second kappa shape index (κ2) is 5.64. The molecule has 0 bridgehead atoms. The quantitative estimate of drug-likeness (QED) is 0.831. The van der Waals surface area contributed by atoms with Crippen molar-refractivity contribution in [3.8, 4) is 0 Å². The molecule has 1 fully saturated rings. The van der Waals surface area contributed by atoms with Gasteiger partial charge in [-0.3, -0.25) is 0 Å². The first-order chi connectivity index (χ1) is 7.38. The van der Waals surface area contributed by atoms with E-state index in [1.807, 2.05) is 11.3 Å². The van der Waals surface area contributed by atoms with Gasteiger partial charge in [0, 0.05) is 29.5 Å². The van der Waals surface area contributed by atoms with Crippen molar-refractivity contribution in [2.24, 2.45) is 0 Å². The number of hydrogen-bond donors (Lipinski definition) is 1. The van der Waals surface area contributed by atoms with Crippen LogP contribution in [0.15, 0.2) is 12.1 Å². The van der Waals surface area contributed by atoms with Crippen LogP contribution in [0.2, 0.25) is 0 Å². The number of rotatable bonds is 5. The van der Waals surface area contributed by atoms with Crippen molar-refractivity contribution >= 4 is 11.3 Å². The lowest BCUT2D eigenvalue weighted by Crippen LogP contribution is -2.25. The van der Waals surface area contributed by atoms with E-state index in [4.69, 9.17) is 4.74 Å². The van der Waals surface area contributed by atoms with Gasteiger partial charge < -0.3 is 10.1 Å². The van der Waals surface area contributed by atoms with Gasteiger partial charge in [-0.15, -0.1) is 11.3 Å². The van der Waals surface area contributed by atoms with E-state index in [1.54, 1.807) is 0 Å². The first-order valence-corrected chi connectivity index (χ1v) is 6.60. The molecule has 2 rings (SSSR count). The van der Waals surface area contributed by atoms with Crippen molar-refractivity contribution in [2.75, 3.05) is 13.2 Å². The zero-order valence-corrected chi connectivity index (χ0v) is 10.1. The molecule has 84 valence electrons. The monoisotopic (exact) mass is 225 g/mol. The number of hydrogen-bond acceptors (Lipinski definition) is 3. The van der Waals surface area contributed by atoms with E-state index in [-0.39, 0.29) is 0 Å². The molecule has 1 N–H and O–H groups in total. The average molecular weight is 225 g/mol. The molecule has 0 saturated carbocycles. The van der Waals surface area contributed by atoms with Crippen LogP contribution in [0.1, 0.15) is 29.5 Å². The summed E-state index contributed by atoms with van der Waals surface area (Å²) in [6.07, 6.45) is 4.05. The van der Waals surface area contributed by atoms with Crippen LogP contribution in [0.5, 0.6) is 0 Å². The molecule has 1 aliphatic rings. The lowest BCUT2D eigenvalue weighted by Gasteiger charge is -2.09. The first kappa shape index (κ1) is 11.1. The largest absolute Gasteiger partial charge is 0.377 e. The third kappa shape index (κ3) is 3.30. The minimum absolute atomic E-state index is 0.454. The standard InChI is InChI=1S/C12H19NOS/c1-2-11-5-6-12(15-11)9-13-8-10-4-3-7-14-10/h5-6,10,13H,2-4,7-9H2,1H3. The Morgan fingerprint density at radius 1 is 1.47 bits per heavy atom. The lowest BCUT2D eigenvalue weighted by molar-refractivity contribution is 0.110. The Morgan fingerprint density at radius 3 is 3.00 bits per heavy atom. The Morgan fingerprint density at radius 2 is 2.33 bits per heavy atom. The van der Waals surface area contributed by atoms with Gasteiger partial charge >= 0.3 is 0 Å². The van der Waals surface area contributed by atoms with Gasteiger partial charge in [-0.05, 0) is 31.4 Å². The van der Waals surface area contributed by atoms with Gasteiger partial charge in [0.05, 0.1) is 6.10 Å². The maximum absolute atomic E-state index is 5.56. The molecule has 15 heavy (non-hydrogen) atoms. The molecule has 1 atom stereocenters. The van der Waals surface area contributed by atoms with Gasteiger partial charge in [0.2, 0.25) is 0 Å². The highest BCUT2D eigenvalue weighted by Gasteiger charge is 2.14. The van der Waals surface area contributed by atoms with Crippen LogP contribution in [0, 0.1) is 0 Å². The van der Waals surface area contributed by atoms with Gasteiger partial charge in [-0.1, -0.05) is 6.92 Å². The zero-order chi connectivity index (χ0) is 10.5. The van der Waals surface area contributed by atoms with Gasteiger partial charge in [0.25, 0.3) is 0 Å². The van der Waals surface area contributed by atoms with E-state index in [0.29, 0.717) is 6.10 Å². The van der Waals surface area contributed by atoms with Crippen LogP contribution in [-0.4, -0.2) is 19.3 Å². The van der Waals surface area contributed by atoms with Crippen molar-refractivity contribution in [3.05, 3.63) is 21.9 Å². The normalized spacial score (nSPS) is 21.0. The molecular formula is C12H19NOS. The molecule has 0 spiro atoms. The highest BCUT2D eigenvalue weighted by atomic mass is 32.1. The molecule has 1 aromatic rings. The zero-order valence-electron chi connectivity index (χ0n) is 9.29. The Labute approximate surface area is 95.6 Å². The van der Waals surface area contributed by atoms with Crippen molar-refractivity contribution in [1.29, 1.82) is 0 Å². The minimum atomic E-state index is 0.454. The molecule has 1 aromatic heterocycles. The fraction of sp³-hybridized carbons (Fsp3) is 0.667. The molecule has 2 heterocycles. The summed E-state index contributed by atoms with van der Waals surface area (Å²) in [7, 11) is 0. The summed E-state index contributed by atoms with van der Waals surface area (Å²) in [5.41, 5.74) is 0. The Balaban J connectivity index is 1.68. The van der Waals surface area contributed by atoms with Crippen molar-refractivity contribution in [3.63, 3.8) is 0 Å². The summed E-state index contributed by atoms with van der Waals surface area (Å²) in [6, 6.07) is 4.46. The molecule has 0 aliphatic carbocycles. The average Bonchev–Trinajstić information content (AvgIpc) is 2.88. The maximum atomic E-state index is 5.56. The van der Waals surface area contributed by atoms with Crippen LogP contribution >= 0.6 is 11.3 Å². The topological polar surface area (TPSA) is 21.3 Å². The summed E-state index contributed by atoms with van der Waals surface area (Å²) in [5, 5.41) is 3.47. The van der Waals surface area contributed by atoms with E-state index in [9.17, 15) is 0 Å². The molecule has 0 amide bonds. The maximum Gasteiger partial charge on any atom is 0.0700 e. The Kier molecular flexibility index (Phi) is 4.18. The second-order valence-corrected chi connectivity index (χ2v) is 5.24. The van der Waals surface area contributed by atoms with E-state index < -0.39 is 0 Å². The van der Waals surface area contributed by atoms with Gasteiger partial charge in [0.1, 0.15) is 0 Å². The number of nitrogens with one attached hydrogen (secondary N) is 1. The molecule has 0 radical (unpaired) electrons. The van der Waals surface area contributed by atoms with Gasteiger partial charge in [-0.2, -0.15) is 0 Å². The van der Waals surface area contributed by atoms with Crippen LogP contribution in [0.4, 0.5) is 0 Å². The summed E-state index contributed by atoms with van der Waals surface area (Å²) >= 11 is 1.91. The summed E-state index contributed by atoms with van der Waals surface area (Å²) in [4.78, 5) is 2.91. The number of ether oxygens (including phenoxy) is 1. The molecule has 1 aliphatic heterocycles. The fourth-order valence-electron chi connectivity index (χ4n) is 1.87. The van der Waals surface area contributed by atoms with Crippen LogP contribution in [0.3, 0.4) is 0 Å². The van der Waals surface area contributed by atoms with E-state index in [0.717, 1.165) is 26.1 Å². The van der Waals surface area contributed by atoms with E-state index in [2.05, 4.69) is 24.4 Å². The lowest BCUT2D eigenvalue weighted by atomic mass is 10.2. The Hall–Kier alpha value is -0.380. The smallest absolute Gasteiger partial charge is 0.0700 e. The summed E-state index contributed by atoms with van der Waals surface area (Å²) in [5.74, 6) is 0. The fourth-order valence-corrected chi connectivity index (χ4v) is 2.80. The summed E-state index contributed by atoms with van der Waals surface area (Å²) in [6.45, 7) is 5.14. The molecule has 1 saturated heterocycles. The van der Waals surface area contributed by atoms with E-state index in [1.165, 1.54) is 22.6 Å². The first-order valence-electron chi connectivity index (χ1n) is 5.78. The number of aryl methyl sites for hydroxylation is 1. The van der Waals surface area contributed by atoms with Crippen LogP contribution < -0.4 is 5.32 Å². The van der Waals surface area contributed by atoms with Crippen molar-refractivity contribution in [2.45, 2.75) is 38.8 Å². The molecule has 2 nitrogen and oxygen atoms in total. The van der Waals surface area contributed by atoms with Crippen LogP contribution in [-0.2, 0) is 17.7 Å². The van der Waals surface area contributed by atoms with Gasteiger partial charge in [0.15, 0.2) is 0 Å². The highest BCUT2D eigenvalue weighted by molar-refractivity contribution is 7.11. The van der Waals surface area contributed by atoms with Crippen molar-refractivity contribution < 1.29 is 4.74 Å². The molecule has 3 heteroatoms. The Bertz CT molecular complexity index is 292. The predicted molar refractivity (Wildman–Crippen MR) is 64.4 cm³/mol. The third-order valence-corrected chi connectivity index (χ3v) is 3.99. The molecule has 1 unspecified atom stereocenters. The van der Waals surface area contributed by atoms with E-state index >= 15 is 0 Å². The predicted octanol–water partition coefficient (Wildman–Crippen LogP) is 2.58. The number of thiophene rings is 1. The third-order valence-electron chi connectivity index (χ3n) is 2.76. The SMILES string of the molecule is CCc1ccc(CNCC2CCCO2)s1. The highest BCUT2D eigenvalue weighted by Crippen LogP contribution is 2.17. The second-order valence-electron chi connectivity index (χ2n) is 3.99. The van der Waals surface area contributed by atoms with Gasteiger partial charge in [-0.25, -0.2) is 0 Å². The van der Waals surface area contributed by atoms with Crippen molar-refractivity contribution in [1.82, 2.24) is 5.32 Å². The molecule has 0 aromatic carbocycles. The summed E-state index contributed by atoms with van der Waals surface area (Å²) < 4.78 is 5.56.